The molecule has 1 aliphatic rings. The molecular formula is C16H22FN3O. The fraction of sp³-hybridized carbons (Fsp3) is 0.562. The first kappa shape index (κ1) is 14.5. The van der Waals surface area contributed by atoms with Crippen LogP contribution in [0.15, 0.2) is 18.2 Å². The van der Waals surface area contributed by atoms with E-state index in [1.807, 2.05) is 0 Å². The molecule has 2 N–H and O–H groups in total. The molecule has 21 heavy (non-hydrogen) atoms. The van der Waals surface area contributed by atoms with Gasteiger partial charge < -0.3 is 15.0 Å². The summed E-state index contributed by atoms with van der Waals surface area (Å²) in [4.78, 5) is 4.80. The molecule has 0 spiro atoms. The van der Waals surface area contributed by atoms with Crippen LogP contribution in [-0.4, -0.2) is 29.3 Å². The van der Waals surface area contributed by atoms with Crippen molar-refractivity contribution in [2.75, 3.05) is 19.8 Å². The highest BCUT2D eigenvalue weighted by Crippen LogP contribution is 2.35. The Morgan fingerprint density at radius 1 is 1.38 bits per heavy atom. The molecule has 1 aromatic carbocycles. The Bertz CT molecular complexity index is 632. The van der Waals surface area contributed by atoms with E-state index in [0.29, 0.717) is 19.8 Å². The molecule has 2 heterocycles. The largest absolute Gasteiger partial charge is 0.381 e. The van der Waals surface area contributed by atoms with Crippen LogP contribution in [0.5, 0.6) is 0 Å². The summed E-state index contributed by atoms with van der Waals surface area (Å²) in [6.45, 7) is 4.92. The number of fused-ring (bicyclic) bond motifs is 1. The summed E-state index contributed by atoms with van der Waals surface area (Å²) in [5.74, 6) is 0.774. The SMILES string of the molecule is CCCn1c(C2(CN)CCOCC2)nc2ccc(F)cc21. The molecule has 0 saturated carbocycles. The molecule has 0 amide bonds. The molecule has 4 nitrogen and oxygen atoms in total. The number of halogens is 1. The van der Waals surface area contributed by atoms with Crippen LogP contribution in [0, 0.1) is 5.82 Å². The molecule has 0 aliphatic carbocycles. The van der Waals surface area contributed by atoms with Gasteiger partial charge in [-0.25, -0.2) is 9.37 Å². The minimum absolute atomic E-state index is 0.150. The van der Waals surface area contributed by atoms with Crippen LogP contribution >= 0.6 is 0 Å². The van der Waals surface area contributed by atoms with E-state index in [-0.39, 0.29) is 11.2 Å². The lowest BCUT2D eigenvalue weighted by atomic mass is 9.79. The van der Waals surface area contributed by atoms with E-state index in [1.54, 1.807) is 12.1 Å². The first-order valence-electron chi connectivity index (χ1n) is 7.64. The highest BCUT2D eigenvalue weighted by molar-refractivity contribution is 5.76. The van der Waals surface area contributed by atoms with Crippen LogP contribution in [0.25, 0.3) is 11.0 Å². The van der Waals surface area contributed by atoms with Gasteiger partial charge in [0.25, 0.3) is 0 Å². The normalized spacial score (nSPS) is 18.2. The van der Waals surface area contributed by atoms with Crippen molar-refractivity contribution < 1.29 is 9.13 Å². The Morgan fingerprint density at radius 2 is 2.14 bits per heavy atom. The summed E-state index contributed by atoms with van der Waals surface area (Å²) in [5, 5.41) is 0. The van der Waals surface area contributed by atoms with Gasteiger partial charge in [0.1, 0.15) is 11.6 Å². The molecule has 1 aliphatic heterocycles. The molecule has 0 atom stereocenters. The molecule has 5 heteroatoms. The maximum Gasteiger partial charge on any atom is 0.125 e. The van der Waals surface area contributed by atoms with Gasteiger partial charge in [-0.15, -0.1) is 0 Å². The minimum Gasteiger partial charge on any atom is -0.381 e. The number of benzene rings is 1. The number of aryl methyl sites for hydroxylation is 1. The van der Waals surface area contributed by atoms with Gasteiger partial charge >= 0.3 is 0 Å². The van der Waals surface area contributed by atoms with Crippen molar-refractivity contribution in [3.8, 4) is 0 Å². The number of nitrogens with two attached hydrogens (primary N) is 1. The molecule has 3 rings (SSSR count). The quantitative estimate of drug-likeness (QED) is 0.942. The second kappa shape index (κ2) is 5.73. The Balaban J connectivity index is 2.18. The van der Waals surface area contributed by atoms with Crippen LogP contribution in [0.2, 0.25) is 0 Å². The summed E-state index contributed by atoms with van der Waals surface area (Å²) in [7, 11) is 0. The highest BCUT2D eigenvalue weighted by atomic mass is 19.1. The predicted octanol–water partition coefficient (Wildman–Crippen LogP) is 2.59. The molecule has 0 unspecified atom stereocenters. The highest BCUT2D eigenvalue weighted by Gasteiger charge is 2.37. The average Bonchev–Trinajstić information content (AvgIpc) is 2.87. The van der Waals surface area contributed by atoms with Crippen molar-refractivity contribution >= 4 is 11.0 Å². The van der Waals surface area contributed by atoms with Crippen molar-refractivity contribution in [3.63, 3.8) is 0 Å². The number of hydrogen-bond donors (Lipinski definition) is 1. The van der Waals surface area contributed by atoms with Crippen LogP contribution < -0.4 is 5.73 Å². The van der Waals surface area contributed by atoms with E-state index in [4.69, 9.17) is 15.5 Å². The van der Waals surface area contributed by atoms with E-state index < -0.39 is 0 Å². The minimum atomic E-state index is -0.222. The Hall–Kier alpha value is -1.46. The van der Waals surface area contributed by atoms with Gasteiger partial charge in [-0.3, -0.25) is 0 Å². The lowest BCUT2D eigenvalue weighted by Crippen LogP contribution is -2.42. The fourth-order valence-corrected chi connectivity index (χ4v) is 3.23. The van der Waals surface area contributed by atoms with E-state index in [2.05, 4.69) is 11.5 Å². The van der Waals surface area contributed by atoms with E-state index in [0.717, 1.165) is 42.7 Å². The number of ether oxygens (including phenoxy) is 1. The zero-order valence-corrected chi connectivity index (χ0v) is 12.4. The zero-order chi connectivity index (χ0) is 14.9. The maximum atomic E-state index is 13.6. The van der Waals surface area contributed by atoms with E-state index in [1.165, 1.54) is 6.07 Å². The van der Waals surface area contributed by atoms with Gasteiger partial charge in [0.15, 0.2) is 0 Å². The van der Waals surface area contributed by atoms with Gasteiger partial charge in [-0.2, -0.15) is 0 Å². The number of nitrogens with zero attached hydrogens (tertiary/aromatic N) is 2. The van der Waals surface area contributed by atoms with E-state index in [9.17, 15) is 4.39 Å². The molecule has 114 valence electrons. The van der Waals surface area contributed by atoms with Crippen molar-refractivity contribution in [3.05, 3.63) is 29.8 Å². The van der Waals surface area contributed by atoms with E-state index >= 15 is 0 Å². The molecule has 2 aromatic rings. The lowest BCUT2D eigenvalue weighted by molar-refractivity contribution is 0.0488. The summed E-state index contributed by atoms with van der Waals surface area (Å²) in [6, 6.07) is 4.80. The van der Waals surface area contributed by atoms with Gasteiger partial charge in [0.2, 0.25) is 0 Å². The summed E-state index contributed by atoms with van der Waals surface area (Å²) in [6.07, 6.45) is 2.73. The monoisotopic (exact) mass is 291 g/mol. The second-order valence-electron chi connectivity index (χ2n) is 5.82. The smallest absolute Gasteiger partial charge is 0.125 e. The van der Waals surface area contributed by atoms with Crippen molar-refractivity contribution in [1.82, 2.24) is 9.55 Å². The summed E-state index contributed by atoms with van der Waals surface area (Å²) >= 11 is 0. The Morgan fingerprint density at radius 3 is 2.81 bits per heavy atom. The van der Waals surface area contributed by atoms with Gasteiger partial charge in [-0.05, 0) is 37.5 Å². The molecule has 1 aromatic heterocycles. The third kappa shape index (κ3) is 2.45. The molecule has 1 saturated heterocycles. The molecule has 1 fully saturated rings. The van der Waals surface area contributed by atoms with Gasteiger partial charge in [-0.1, -0.05) is 6.92 Å². The van der Waals surface area contributed by atoms with Crippen molar-refractivity contribution in [1.29, 1.82) is 0 Å². The summed E-state index contributed by atoms with van der Waals surface area (Å²) in [5.41, 5.74) is 7.67. The Kier molecular flexibility index (Phi) is 3.95. The van der Waals surface area contributed by atoms with Crippen LogP contribution in [-0.2, 0) is 16.7 Å². The number of hydrogen-bond acceptors (Lipinski definition) is 3. The lowest BCUT2D eigenvalue weighted by Gasteiger charge is -2.35. The molecule has 0 radical (unpaired) electrons. The third-order valence-electron chi connectivity index (χ3n) is 4.47. The van der Waals surface area contributed by atoms with Crippen molar-refractivity contribution in [2.24, 2.45) is 5.73 Å². The molecule has 0 bridgehead atoms. The summed E-state index contributed by atoms with van der Waals surface area (Å²) < 4.78 is 21.2. The first-order valence-corrected chi connectivity index (χ1v) is 7.64. The second-order valence-corrected chi connectivity index (χ2v) is 5.82. The number of imidazole rings is 1. The van der Waals surface area contributed by atoms with Gasteiger partial charge in [0.05, 0.1) is 11.0 Å². The van der Waals surface area contributed by atoms with Crippen molar-refractivity contribution in [2.45, 2.75) is 38.1 Å². The number of aromatic nitrogens is 2. The maximum absolute atomic E-state index is 13.6. The zero-order valence-electron chi connectivity index (χ0n) is 12.4. The topological polar surface area (TPSA) is 53.1 Å². The number of rotatable bonds is 4. The van der Waals surface area contributed by atoms with Crippen LogP contribution in [0.3, 0.4) is 0 Å². The van der Waals surface area contributed by atoms with Crippen LogP contribution in [0.4, 0.5) is 4.39 Å². The Labute approximate surface area is 124 Å². The standard InChI is InChI=1S/C16H22FN3O/c1-2-7-20-14-10-12(17)3-4-13(14)19-15(20)16(11-18)5-8-21-9-6-16/h3-4,10H,2,5-9,11,18H2,1H3. The van der Waals surface area contributed by atoms with Gasteiger partial charge in [0, 0.05) is 31.7 Å². The average molecular weight is 291 g/mol. The first-order chi connectivity index (χ1) is 10.2. The molecular weight excluding hydrogens is 269 g/mol. The van der Waals surface area contributed by atoms with Crippen LogP contribution in [0.1, 0.15) is 32.0 Å². The predicted molar refractivity (Wildman–Crippen MR) is 80.8 cm³/mol. The fourth-order valence-electron chi connectivity index (χ4n) is 3.23. The third-order valence-corrected chi connectivity index (χ3v) is 4.47.